The molecule has 0 saturated carbocycles. The first-order valence-corrected chi connectivity index (χ1v) is 6.29. The van der Waals surface area contributed by atoms with Gasteiger partial charge in [-0.15, -0.1) is 0 Å². The van der Waals surface area contributed by atoms with Crippen molar-refractivity contribution in [1.82, 2.24) is 0 Å². The van der Waals surface area contributed by atoms with Gasteiger partial charge in [0.15, 0.2) is 5.78 Å². The molecule has 100 valence electrons. The minimum atomic E-state index is -0.385. The Labute approximate surface area is 115 Å². The van der Waals surface area contributed by atoms with E-state index in [2.05, 4.69) is 5.32 Å². The van der Waals surface area contributed by atoms with Crippen molar-refractivity contribution in [2.24, 2.45) is 0 Å². The van der Waals surface area contributed by atoms with E-state index in [4.69, 9.17) is 0 Å². The number of hydrogen-bond donors (Lipinski definition) is 1. The standard InChI is InChI=1S/C16H12FNO2/c1-9-2-7-12(15-13(9)8-14(19)18-15)16(20)10-3-5-11(17)6-4-10/h2-7H,8H2,1H3,(H,18,19). The molecule has 1 aliphatic rings. The first kappa shape index (κ1) is 12.5. The summed E-state index contributed by atoms with van der Waals surface area (Å²) in [4.78, 5) is 24.0. The molecule has 0 unspecified atom stereocenters. The van der Waals surface area contributed by atoms with Crippen LogP contribution in [0.3, 0.4) is 0 Å². The van der Waals surface area contributed by atoms with Gasteiger partial charge in [0, 0.05) is 11.1 Å². The van der Waals surface area contributed by atoms with E-state index >= 15 is 0 Å². The van der Waals surface area contributed by atoms with E-state index in [1.54, 1.807) is 6.07 Å². The molecule has 0 radical (unpaired) electrons. The summed E-state index contributed by atoms with van der Waals surface area (Å²) in [6.45, 7) is 1.91. The Bertz CT molecular complexity index is 720. The van der Waals surface area contributed by atoms with Crippen LogP contribution in [0.1, 0.15) is 27.0 Å². The minimum Gasteiger partial charge on any atom is -0.325 e. The van der Waals surface area contributed by atoms with E-state index in [1.807, 2.05) is 13.0 Å². The largest absolute Gasteiger partial charge is 0.325 e. The molecule has 0 atom stereocenters. The molecule has 0 aliphatic carbocycles. The molecule has 1 aliphatic heterocycles. The van der Waals surface area contributed by atoms with Crippen molar-refractivity contribution in [1.29, 1.82) is 0 Å². The Hall–Kier alpha value is -2.49. The maximum atomic E-state index is 12.9. The summed E-state index contributed by atoms with van der Waals surface area (Å²) in [6, 6.07) is 8.92. The Kier molecular flexibility index (Phi) is 2.86. The second kappa shape index (κ2) is 4.56. The van der Waals surface area contributed by atoms with Crippen LogP contribution in [-0.2, 0) is 11.2 Å². The van der Waals surface area contributed by atoms with Crippen LogP contribution >= 0.6 is 0 Å². The second-order valence-corrected chi connectivity index (χ2v) is 4.84. The van der Waals surface area contributed by atoms with Gasteiger partial charge in [0.05, 0.1) is 12.1 Å². The molecule has 2 aromatic rings. The normalized spacial score (nSPS) is 13.0. The van der Waals surface area contributed by atoms with Gasteiger partial charge < -0.3 is 5.32 Å². The number of anilines is 1. The zero-order valence-corrected chi connectivity index (χ0v) is 10.9. The number of ketones is 1. The van der Waals surface area contributed by atoms with Crippen LogP contribution in [0.15, 0.2) is 36.4 Å². The highest BCUT2D eigenvalue weighted by Gasteiger charge is 2.25. The average Bonchev–Trinajstić information content (AvgIpc) is 2.82. The molecule has 2 aromatic carbocycles. The molecule has 0 bridgehead atoms. The molecular weight excluding hydrogens is 257 g/mol. The topological polar surface area (TPSA) is 46.2 Å². The molecule has 1 heterocycles. The number of halogens is 1. The first-order chi connectivity index (χ1) is 9.56. The van der Waals surface area contributed by atoms with Gasteiger partial charge in [-0.1, -0.05) is 6.07 Å². The van der Waals surface area contributed by atoms with Crippen molar-refractivity contribution in [3.8, 4) is 0 Å². The first-order valence-electron chi connectivity index (χ1n) is 6.29. The maximum absolute atomic E-state index is 12.9. The number of carbonyl (C=O) groups is 2. The Morgan fingerprint density at radius 2 is 1.85 bits per heavy atom. The quantitative estimate of drug-likeness (QED) is 0.852. The third kappa shape index (κ3) is 1.99. The summed E-state index contributed by atoms with van der Waals surface area (Å²) in [5.74, 6) is -0.713. The number of hydrogen-bond acceptors (Lipinski definition) is 2. The summed E-state index contributed by atoms with van der Waals surface area (Å²) in [7, 11) is 0. The van der Waals surface area contributed by atoms with Crippen molar-refractivity contribution >= 4 is 17.4 Å². The molecule has 3 rings (SSSR count). The predicted octanol–water partition coefficient (Wildman–Crippen LogP) is 2.86. The zero-order valence-electron chi connectivity index (χ0n) is 10.9. The summed E-state index contributed by atoms with van der Waals surface area (Å²) >= 11 is 0. The Morgan fingerprint density at radius 1 is 1.15 bits per heavy atom. The van der Waals surface area contributed by atoms with E-state index in [9.17, 15) is 14.0 Å². The van der Waals surface area contributed by atoms with Crippen LogP contribution < -0.4 is 5.32 Å². The van der Waals surface area contributed by atoms with E-state index in [1.165, 1.54) is 24.3 Å². The number of aryl methyl sites for hydroxylation is 1. The summed E-state index contributed by atoms with van der Waals surface area (Å²) < 4.78 is 12.9. The number of rotatable bonds is 2. The van der Waals surface area contributed by atoms with Gasteiger partial charge in [-0.2, -0.15) is 0 Å². The Balaban J connectivity index is 2.08. The molecule has 20 heavy (non-hydrogen) atoms. The molecule has 3 nitrogen and oxygen atoms in total. The van der Waals surface area contributed by atoms with Gasteiger partial charge >= 0.3 is 0 Å². The van der Waals surface area contributed by atoms with Crippen LogP contribution in [0, 0.1) is 12.7 Å². The van der Waals surface area contributed by atoms with Crippen molar-refractivity contribution in [3.05, 3.63) is 64.5 Å². The van der Waals surface area contributed by atoms with Crippen LogP contribution in [-0.4, -0.2) is 11.7 Å². The van der Waals surface area contributed by atoms with Crippen LogP contribution in [0.2, 0.25) is 0 Å². The average molecular weight is 269 g/mol. The maximum Gasteiger partial charge on any atom is 0.228 e. The van der Waals surface area contributed by atoms with Gasteiger partial charge in [0.25, 0.3) is 0 Å². The fraction of sp³-hybridized carbons (Fsp3) is 0.125. The predicted molar refractivity (Wildman–Crippen MR) is 73.3 cm³/mol. The van der Waals surface area contributed by atoms with Crippen LogP contribution in [0.5, 0.6) is 0 Å². The number of nitrogens with one attached hydrogen (secondary N) is 1. The Morgan fingerprint density at radius 3 is 2.55 bits per heavy atom. The highest BCUT2D eigenvalue weighted by Crippen LogP contribution is 2.31. The lowest BCUT2D eigenvalue weighted by Gasteiger charge is -2.09. The highest BCUT2D eigenvalue weighted by molar-refractivity contribution is 6.16. The minimum absolute atomic E-state index is 0.109. The van der Waals surface area contributed by atoms with Crippen molar-refractivity contribution in [3.63, 3.8) is 0 Å². The van der Waals surface area contributed by atoms with Gasteiger partial charge in [-0.25, -0.2) is 4.39 Å². The molecule has 0 fully saturated rings. The lowest BCUT2D eigenvalue weighted by Crippen LogP contribution is -2.08. The van der Waals surface area contributed by atoms with Gasteiger partial charge in [0.1, 0.15) is 5.82 Å². The molecule has 4 heteroatoms. The van der Waals surface area contributed by atoms with Crippen molar-refractivity contribution in [2.45, 2.75) is 13.3 Å². The number of fused-ring (bicyclic) bond motifs is 1. The van der Waals surface area contributed by atoms with E-state index in [0.29, 0.717) is 23.2 Å². The summed E-state index contributed by atoms with van der Waals surface area (Å²) in [5, 5.41) is 2.74. The molecular formula is C16H12FNO2. The van der Waals surface area contributed by atoms with Crippen molar-refractivity contribution < 1.29 is 14.0 Å². The third-order valence-corrected chi connectivity index (χ3v) is 3.50. The fourth-order valence-electron chi connectivity index (χ4n) is 2.41. The molecule has 0 aromatic heterocycles. The van der Waals surface area contributed by atoms with Crippen molar-refractivity contribution in [2.75, 3.05) is 5.32 Å². The lowest BCUT2D eigenvalue weighted by molar-refractivity contribution is -0.115. The van der Waals surface area contributed by atoms with E-state index in [-0.39, 0.29) is 17.5 Å². The smallest absolute Gasteiger partial charge is 0.228 e. The number of carbonyl (C=O) groups excluding carboxylic acids is 2. The molecule has 0 spiro atoms. The molecule has 1 amide bonds. The summed E-state index contributed by atoms with van der Waals surface area (Å²) in [5.41, 5.74) is 3.28. The summed E-state index contributed by atoms with van der Waals surface area (Å²) in [6.07, 6.45) is 0.297. The molecule has 1 N–H and O–H groups in total. The molecule has 0 saturated heterocycles. The number of amides is 1. The van der Waals surface area contributed by atoms with Gasteiger partial charge in [-0.3, -0.25) is 9.59 Å². The van der Waals surface area contributed by atoms with Gasteiger partial charge in [-0.05, 0) is 48.4 Å². The highest BCUT2D eigenvalue weighted by atomic mass is 19.1. The zero-order chi connectivity index (χ0) is 14.3. The van der Waals surface area contributed by atoms with E-state index < -0.39 is 0 Å². The fourth-order valence-corrected chi connectivity index (χ4v) is 2.41. The lowest BCUT2D eigenvalue weighted by atomic mass is 9.96. The second-order valence-electron chi connectivity index (χ2n) is 4.84. The van der Waals surface area contributed by atoms with Gasteiger partial charge in [0.2, 0.25) is 5.91 Å². The van der Waals surface area contributed by atoms with E-state index in [0.717, 1.165) is 11.1 Å². The van der Waals surface area contributed by atoms with Crippen LogP contribution in [0.25, 0.3) is 0 Å². The monoisotopic (exact) mass is 269 g/mol. The third-order valence-electron chi connectivity index (χ3n) is 3.50. The number of benzene rings is 2. The SMILES string of the molecule is Cc1ccc(C(=O)c2ccc(F)cc2)c2c1CC(=O)N2. The van der Waals surface area contributed by atoms with Crippen LogP contribution in [0.4, 0.5) is 10.1 Å².